The van der Waals surface area contributed by atoms with Crippen LogP contribution in [0.2, 0.25) is 0 Å². The molecule has 0 radical (unpaired) electrons. The predicted molar refractivity (Wildman–Crippen MR) is 56.3 cm³/mol. The van der Waals surface area contributed by atoms with Crippen molar-refractivity contribution in [3.63, 3.8) is 0 Å². The molecule has 0 aromatic carbocycles. The van der Waals surface area contributed by atoms with Gasteiger partial charge >= 0.3 is 0 Å². The van der Waals surface area contributed by atoms with Crippen LogP contribution in [0.5, 0.6) is 0 Å². The van der Waals surface area contributed by atoms with Crippen molar-refractivity contribution in [3.8, 4) is 0 Å². The Morgan fingerprint density at radius 3 is 2.93 bits per heavy atom. The van der Waals surface area contributed by atoms with Crippen LogP contribution in [0.25, 0.3) is 0 Å². The number of hydrogen-bond donors (Lipinski definition) is 3. The Kier molecular flexibility index (Phi) is 3.68. The van der Waals surface area contributed by atoms with Crippen LogP contribution in [0.1, 0.15) is 23.7 Å². The summed E-state index contributed by atoms with van der Waals surface area (Å²) in [4.78, 5) is 13.3. The number of hydrogen-bond acceptors (Lipinski definition) is 4. The number of aromatic nitrogens is 2. The molecular weight excluding hydrogens is 196 g/mol. The number of anilines is 1. The molecule has 84 valence electrons. The fraction of sp³-hybridized carbons (Fsp3) is 0.556. The van der Waals surface area contributed by atoms with Crippen molar-refractivity contribution in [1.29, 1.82) is 0 Å². The summed E-state index contributed by atoms with van der Waals surface area (Å²) in [5, 5.41) is 15.3. The number of nitrogens with one attached hydrogen (secondary N) is 1. The van der Waals surface area contributed by atoms with Gasteiger partial charge in [0.1, 0.15) is 11.4 Å². The second-order valence-corrected chi connectivity index (χ2v) is 3.56. The third-order valence-corrected chi connectivity index (χ3v) is 2.13. The van der Waals surface area contributed by atoms with Gasteiger partial charge in [0, 0.05) is 13.6 Å². The first kappa shape index (κ1) is 11.5. The summed E-state index contributed by atoms with van der Waals surface area (Å²) in [6.45, 7) is 2.17. The van der Waals surface area contributed by atoms with Gasteiger partial charge in [-0.3, -0.25) is 9.89 Å². The van der Waals surface area contributed by atoms with Crippen molar-refractivity contribution < 1.29 is 9.90 Å². The Morgan fingerprint density at radius 1 is 1.80 bits per heavy atom. The molecule has 0 aliphatic heterocycles. The van der Waals surface area contributed by atoms with Crippen LogP contribution in [0.4, 0.5) is 5.82 Å². The quantitative estimate of drug-likeness (QED) is 0.646. The molecule has 0 saturated heterocycles. The van der Waals surface area contributed by atoms with E-state index in [1.807, 2.05) is 0 Å². The first-order valence-corrected chi connectivity index (χ1v) is 4.74. The number of nitrogens with zero attached hydrogens (tertiary/aromatic N) is 2. The van der Waals surface area contributed by atoms with E-state index >= 15 is 0 Å². The van der Waals surface area contributed by atoms with Gasteiger partial charge < -0.3 is 15.7 Å². The average molecular weight is 212 g/mol. The van der Waals surface area contributed by atoms with Gasteiger partial charge in [-0.2, -0.15) is 5.10 Å². The molecule has 0 fully saturated rings. The molecule has 1 amide bonds. The standard InChI is InChI=1S/C9H16N4O2/c1-6(14)3-4-13(2)9(15)7-5-11-12-8(7)10/h5-6,14H,3-4H2,1-2H3,(H3,10,11,12). The summed E-state index contributed by atoms with van der Waals surface area (Å²) in [5.41, 5.74) is 5.88. The molecule has 0 aliphatic carbocycles. The van der Waals surface area contributed by atoms with Gasteiger partial charge in [0.05, 0.1) is 12.3 Å². The molecule has 1 unspecified atom stereocenters. The summed E-state index contributed by atoms with van der Waals surface area (Å²) < 4.78 is 0. The Balaban J connectivity index is 2.57. The zero-order chi connectivity index (χ0) is 11.4. The van der Waals surface area contributed by atoms with Crippen LogP contribution in [0.3, 0.4) is 0 Å². The summed E-state index contributed by atoms with van der Waals surface area (Å²) >= 11 is 0. The molecule has 15 heavy (non-hydrogen) atoms. The largest absolute Gasteiger partial charge is 0.393 e. The highest BCUT2D eigenvalue weighted by molar-refractivity contribution is 5.97. The lowest BCUT2D eigenvalue weighted by Crippen LogP contribution is -2.29. The number of nitrogens with two attached hydrogens (primary N) is 1. The third kappa shape index (κ3) is 2.95. The lowest BCUT2D eigenvalue weighted by Gasteiger charge is -2.17. The minimum Gasteiger partial charge on any atom is -0.393 e. The van der Waals surface area contributed by atoms with Crippen molar-refractivity contribution in [2.75, 3.05) is 19.3 Å². The SMILES string of the molecule is CC(O)CCN(C)C(=O)c1cn[nH]c1N. The molecule has 1 aromatic rings. The van der Waals surface area contributed by atoms with E-state index in [0.717, 1.165) is 0 Å². The van der Waals surface area contributed by atoms with Crippen LogP contribution in [0.15, 0.2) is 6.20 Å². The van der Waals surface area contributed by atoms with Gasteiger partial charge in [0.15, 0.2) is 0 Å². The fourth-order valence-electron chi connectivity index (χ4n) is 1.15. The van der Waals surface area contributed by atoms with Gasteiger partial charge in [-0.15, -0.1) is 0 Å². The van der Waals surface area contributed by atoms with Crippen LogP contribution in [-0.2, 0) is 0 Å². The number of aliphatic hydroxyl groups excluding tert-OH is 1. The minimum atomic E-state index is -0.415. The highest BCUT2D eigenvalue weighted by Gasteiger charge is 2.16. The summed E-state index contributed by atoms with van der Waals surface area (Å²) in [5.74, 6) is 0.0748. The fourth-order valence-corrected chi connectivity index (χ4v) is 1.15. The maximum atomic E-state index is 11.7. The number of H-pyrrole nitrogens is 1. The topological polar surface area (TPSA) is 95.2 Å². The Hall–Kier alpha value is -1.56. The molecule has 1 aromatic heterocycles. The van der Waals surface area contributed by atoms with Crippen molar-refractivity contribution in [3.05, 3.63) is 11.8 Å². The Morgan fingerprint density at radius 2 is 2.47 bits per heavy atom. The molecule has 1 rings (SSSR count). The lowest BCUT2D eigenvalue weighted by atomic mass is 10.2. The van der Waals surface area contributed by atoms with Crippen molar-refractivity contribution >= 4 is 11.7 Å². The van der Waals surface area contributed by atoms with Gasteiger partial charge in [-0.1, -0.05) is 0 Å². The number of rotatable bonds is 4. The smallest absolute Gasteiger partial charge is 0.258 e. The first-order chi connectivity index (χ1) is 7.02. The summed E-state index contributed by atoms with van der Waals surface area (Å²) in [6.07, 6.45) is 1.53. The maximum Gasteiger partial charge on any atom is 0.258 e. The number of aromatic amines is 1. The zero-order valence-electron chi connectivity index (χ0n) is 8.90. The van der Waals surface area contributed by atoms with E-state index in [9.17, 15) is 4.79 Å². The number of nitrogen functional groups attached to an aromatic ring is 1. The molecule has 4 N–H and O–H groups in total. The zero-order valence-corrected chi connectivity index (χ0v) is 8.90. The van der Waals surface area contributed by atoms with Crippen molar-refractivity contribution in [2.45, 2.75) is 19.4 Å². The average Bonchev–Trinajstić information content (AvgIpc) is 2.59. The van der Waals surface area contributed by atoms with Crippen molar-refractivity contribution in [2.24, 2.45) is 0 Å². The lowest BCUT2D eigenvalue weighted by molar-refractivity contribution is 0.0770. The van der Waals surface area contributed by atoms with Gasteiger partial charge in [-0.05, 0) is 13.3 Å². The molecule has 6 nitrogen and oxygen atoms in total. The number of carbonyl (C=O) groups excluding carboxylic acids is 1. The summed E-state index contributed by atoms with van der Waals surface area (Å²) in [6, 6.07) is 0. The van der Waals surface area contributed by atoms with Gasteiger partial charge in [-0.25, -0.2) is 0 Å². The normalized spacial score (nSPS) is 12.5. The molecule has 1 atom stereocenters. The highest BCUT2D eigenvalue weighted by atomic mass is 16.3. The van der Waals surface area contributed by atoms with Crippen molar-refractivity contribution in [1.82, 2.24) is 15.1 Å². The van der Waals surface area contributed by atoms with E-state index in [1.54, 1.807) is 14.0 Å². The monoisotopic (exact) mass is 212 g/mol. The first-order valence-electron chi connectivity index (χ1n) is 4.74. The van der Waals surface area contributed by atoms with E-state index < -0.39 is 6.10 Å². The molecular formula is C9H16N4O2. The predicted octanol–water partition coefficient (Wildman–Crippen LogP) is -0.165. The second-order valence-electron chi connectivity index (χ2n) is 3.56. The van der Waals surface area contributed by atoms with E-state index in [1.165, 1.54) is 11.1 Å². The van der Waals surface area contributed by atoms with E-state index in [4.69, 9.17) is 10.8 Å². The summed E-state index contributed by atoms with van der Waals surface area (Å²) in [7, 11) is 1.66. The molecule has 0 spiro atoms. The van der Waals surface area contributed by atoms with E-state index in [0.29, 0.717) is 18.5 Å². The number of carbonyl (C=O) groups is 1. The van der Waals surface area contributed by atoms with Crippen LogP contribution in [-0.4, -0.2) is 45.8 Å². The van der Waals surface area contributed by atoms with Crippen LogP contribution in [0, 0.1) is 0 Å². The van der Waals surface area contributed by atoms with E-state index in [-0.39, 0.29) is 11.7 Å². The molecule has 1 heterocycles. The highest BCUT2D eigenvalue weighted by Crippen LogP contribution is 2.09. The van der Waals surface area contributed by atoms with Crippen LogP contribution >= 0.6 is 0 Å². The number of amides is 1. The molecule has 0 bridgehead atoms. The van der Waals surface area contributed by atoms with Crippen LogP contribution < -0.4 is 5.73 Å². The molecule has 0 saturated carbocycles. The second kappa shape index (κ2) is 4.79. The van der Waals surface area contributed by atoms with Gasteiger partial charge in [0.25, 0.3) is 5.91 Å². The Labute approximate surface area is 88.1 Å². The minimum absolute atomic E-state index is 0.193. The molecule has 0 aliphatic rings. The number of aliphatic hydroxyl groups is 1. The third-order valence-electron chi connectivity index (χ3n) is 2.13. The molecule has 6 heteroatoms. The Bertz CT molecular complexity index is 335. The van der Waals surface area contributed by atoms with E-state index in [2.05, 4.69) is 10.2 Å². The maximum absolute atomic E-state index is 11.7. The van der Waals surface area contributed by atoms with Gasteiger partial charge in [0.2, 0.25) is 0 Å².